The van der Waals surface area contributed by atoms with Gasteiger partial charge in [-0.25, -0.2) is 0 Å². The smallest absolute Gasteiger partial charge is 0.145 e. The minimum absolute atomic E-state index is 0.304. The molecule has 5 rings (SSSR count). The Kier molecular flexibility index (Phi) is 5.81. The predicted molar refractivity (Wildman–Crippen MR) is 135 cm³/mol. The molecule has 1 aliphatic rings. The van der Waals surface area contributed by atoms with Crippen molar-refractivity contribution in [3.8, 4) is 11.1 Å². The van der Waals surface area contributed by atoms with Crippen LogP contribution in [0.4, 0.5) is 0 Å². The van der Waals surface area contributed by atoms with E-state index in [2.05, 4.69) is 72.1 Å². The summed E-state index contributed by atoms with van der Waals surface area (Å²) in [6.07, 6.45) is 1.80. The first kappa shape index (κ1) is 20.6. The number of hydrogen-bond acceptors (Lipinski definition) is 2. The maximum atomic E-state index is 6.29. The summed E-state index contributed by atoms with van der Waals surface area (Å²) in [6, 6.07) is 34.6. The number of nitrogens with zero attached hydrogens (tertiary/aromatic N) is 1. The van der Waals surface area contributed by atoms with Crippen LogP contribution in [-0.2, 0) is 0 Å². The second-order valence-corrected chi connectivity index (χ2v) is 8.51. The summed E-state index contributed by atoms with van der Waals surface area (Å²) in [4.78, 5) is 4.97. The lowest BCUT2D eigenvalue weighted by molar-refractivity contribution is 0.664. The summed E-state index contributed by atoms with van der Waals surface area (Å²) in [6.45, 7) is 0. The van der Waals surface area contributed by atoms with Crippen LogP contribution in [-0.4, -0.2) is 5.71 Å². The average molecular weight is 455 g/mol. The number of hydrogen-bond donors (Lipinski definition) is 1. The lowest BCUT2D eigenvalue weighted by Crippen LogP contribution is -2.25. The summed E-state index contributed by atoms with van der Waals surface area (Å²) in [5.74, 6) is 0. The van der Waals surface area contributed by atoms with Crippen LogP contribution in [0.1, 0.15) is 22.9 Å². The Morgan fingerprint density at radius 2 is 1.19 bits per heavy atom. The van der Waals surface area contributed by atoms with E-state index in [4.69, 9.17) is 28.2 Å². The van der Waals surface area contributed by atoms with Gasteiger partial charge >= 0.3 is 0 Å². The molecule has 0 aromatic heterocycles. The van der Waals surface area contributed by atoms with E-state index in [0.29, 0.717) is 10.0 Å². The third-order valence-electron chi connectivity index (χ3n) is 5.39. The number of halogens is 2. The van der Waals surface area contributed by atoms with Crippen molar-refractivity contribution < 1.29 is 0 Å². The number of allylic oxidation sites excluding steroid dienone is 1. The normalized spacial score (nSPS) is 15.5. The molecule has 2 nitrogen and oxygen atoms in total. The summed E-state index contributed by atoms with van der Waals surface area (Å²) in [5, 5.41) is 4.76. The highest BCUT2D eigenvalue weighted by atomic mass is 35.5. The molecule has 0 fully saturated rings. The highest BCUT2D eigenvalue weighted by Gasteiger charge is 2.20. The number of nitrogens with one attached hydrogen (secondary N) is 1. The fourth-order valence-electron chi connectivity index (χ4n) is 3.86. The predicted octanol–water partition coefficient (Wildman–Crippen LogP) is 7.79. The van der Waals surface area contributed by atoms with Gasteiger partial charge in [-0.3, -0.25) is 4.99 Å². The lowest BCUT2D eigenvalue weighted by Gasteiger charge is -2.25. The standard InChI is InChI=1S/C28H20Cl2N2/c29-24-15-23(16-25(30)17-24)28-31-26(20-10-5-2-6-11-20)18-27(32-28)22-13-7-12-21(14-22)19-8-3-1-4-9-19/h1-18,28,32H. The molecule has 1 atom stereocenters. The van der Waals surface area contributed by atoms with Gasteiger partial charge in [-0.15, -0.1) is 0 Å². The van der Waals surface area contributed by atoms with E-state index in [-0.39, 0.29) is 6.17 Å². The molecule has 1 unspecified atom stereocenters. The number of rotatable bonds is 4. The molecule has 4 heteroatoms. The third kappa shape index (κ3) is 4.47. The molecule has 4 aromatic carbocycles. The van der Waals surface area contributed by atoms with Gasteiger partial charge in [-0.05, 0) is 58.2 Å². The zero-order valence-electron chi connectivity index (χ0n) is 17.2. The lowest BCUT2D eigenvalue weighted by atomic mass is 9.98. The molecule has 0 amide bonds. The van der Waals surface area contributed by atoms with Gasteiger partial charge < -0.3 is 5.32 Å². The van der Waals surface area contributed by atoms with Crippen molar-refractivity contribution in [3.05, 3.63) is 136 Å². The summed E-state index contributed by atoms with van der Waals surface area (Å²) < 4.78 is 0. The Labute approximate surface area is 197 Å². The molecule has 1 aliphatic heterocycles. The quantitative estimate of drug-likeness (QED) is 0.334. The molecule has 32 heavy (non-hydrogen) atoms. The van der Waals surface area contributed by atoms with Gasteiger partial charge in [0.15, 0.2) is 0 Å². The molecule has 0 radical (unpaired) electrons. The van der Waals surface area contributed by atoms with Crippen molar-refractivity contribution in [2.24, 2.45) is 4.99 Å². The molecule has 1 N–H and O–H groups in total. The molecule has 0 bridgehead atoms. The maximum absolute atomic E-state index is 6.29. The second-order valence-electron chi connectivity index (χ2n) is 7.63. The average Bonchev–Trinajstić information content (AvgIpc) is 2.84. The fourth-order valence-corrected chi connectivity index (χ4v) is 4.40. The van der Waals surface area contributed by atoms with Gasteiger partial charge in [-0.1, -0.05) is 102 Å². The maximum Gasteiger partial charge on any atom is 0.145 e. The number of benzene rings is 4. The van der Waals surface area contributed by atoms with Crippen molar-refractivity contribution in [1.82, 2.24) is 5.32 Å². The van der Waals surface area contributed by atoms with Crippen LogP contribution in [0.15, 0.2) is 114 Å². The van der Waals surface area contributed by atoms with Gasteiger partial charge in [0.05, 0.1) is 5.71 Å². The summed E-state index contributed by atoms with van der Waals surface area (Å²) in [7, 11) is 0. The largest absolute Gasteiger partial charge is 0.360 e. The summed E-state index contributed by atoms with van der Waals surface area (Å²) >= 11 is 12.6. The van der Waals surface area contributed by atoms with Crippen LogP contribution in [0.3, 0.4) is 0 Å². The molecule has 0 aliphatic carbocycles. The minimum atomic E-state index is -0.304. The van der Waals surface area contributed by atoms with Crippen LogP contribution in [0.25, 0.3) is 16.8 Å². The van der Waals surface area contributed by atoms with Crippen molar-refractivity contribution >= 4 is 34.6 Å². The van der Waals surface area contributed by atoms with Crippen LogP contribution >= 0.6 is 23.2 Å². The molecule has 0 saturated carbocycles. The molecule has 1 heterocycles. The van der Waals surface area contributed by atoms with Crippen molar-refractivity contribution in [1.29, 1.82) is 0 Å². The van der Waals surface area contributed by atoms with E-state index < -0.39 is 0 Å². The minimum Gasteiger partial charge on any atom is -0.360 e. The van der Waals surface area contributed by atoms with Gasteiger partial charge in [-0.2, -0.15) is 0 Å². The highest BCUT2D eigenvalue weighted by Crippen LogP contribution is 2.31. The summed E-state index contributed by atoms with van der Waals surface area (Å²) in [5.41, 5.74) is 7.32. The first-order valence-corrected chi connectivity index (χ1v) is 11.1. The van der Waals surface area contributed by atoms with Crippen molar-refractivity contribution in [2.75, 3.05) is 0 Å². The van der Waals surface area contributed by atoms with Gasteiger partial charge in [0.1, 0.15) is 6.17 Å². The van der Waals surface area contributed by atoms with Gasteiger partial charge in [0, 0.05) is 15.7 Å². The van der Waals surface area contributed by atoms with E-state index in [1.807, 2.05) is 36.4 Å². The molecular formula is C28H20Cl2N2. The topological polar surface area (TPSA) is 24.4 Å². The Hall–Kier alpha value is -3.33. The van der Waals surface area contributed by atoms with Crippen LogP contribution in [0.5, 0.6) is 0 Å². The van der Waals surface area contributed by atoms with Crippen LogP contribution < -0.4 is 5.32 Å². The molecule has 156 valence electrons. The SMILES string of the molecule is Clc1cc(Cl)cc(C2N=C(c3ccccc3)C=C(c3cccc(-c4ccccc4)c3)N2)c1. The molecule has 0 spiro atoms. The molecular weight excluding hydrogens is 435 g/mol. The van der Waals surface area contributed by atoms with E-state index in [1.54, 1.807) is 6.07 Å². The number of aliphatic imine (C=N–C) groups is 1. The van der Waals surface area contributed by atoms with E-state index in [0.717, 1.165) is 33.7 Å². The zero-order valence-corrected chi connectivity index (χ0v) is 18.7. The first-order valence-electron chi connectivity index (χ1n) is 10.4. The molecule has 4 aromatic rings. The van der Waals surface area contributed by atoms with E-state index in [9.17, 15) is 0 Å². The fraction of sp³-hybridized carbons (Fsp3) is 0.0357. The van der Waals surface area contributed by atoms with Crippen LogP contribution in [0.2, 0.25) is 10.0 Å². The monoisotopic (exact) mass is 454 g/mol. The third-order valence-corrected chi connectivity index (χ3v) is 5.83. The Balaban J connectivity index is 1.59. The van der Waals surface area contributed by atoms with Crippen molar-refractivity contribution in [2.45, 2.75) is 6.17 Å². The van der Waals surface area contributed by atoms with Gasteiger partial charge in [0.25, 0.3) is 0 Å². The highest BCUT2D eigenvalue weighted by molar-refractivity contribution is 6.34. The van der Waals surface area contributed by atoms with Crippen molar-refractivity contribution in [3.63, 3.8) is 0 Å². The van der Waals surface area contributed by atoms with Gasteiger partial charge in [0.2, 0.25) is 0 Å². The molecule has 0 saturated heterocycles. The van der Waals surface area contributed by atoms with E-state index >= 15 is 0 Å². The Bertz CT molecular complexity index is 1290. The first-order chi connectivity index (χ1) is 15.7. The van der Waals surface area contributed by atoms with Crippen LogP contribution in [0, 0.1) is 0 Å². The second kappa shape index (κ2) is 9.04. The van der Waals surface area contributed by atoms with E-state index in [1.165, 1.54) is 5.56 Å². The Morgan fingerprint density at radius 1 is 0.594 bits per heavy atom. The Morgan fingerprint density at radius 3 is 1.88 bits per heavy atom. The zero-order chi connectivity index (χ0) is 21.9.